The lowest BCUT2D eigenvalue weighted by molar-refractivity contribution is -0.116. The number of carbonyl (C=O) groups is 1. The predicted octanol–water partition coefficient (Wildman–Crippen LogP) is 4.50. The van der Waals surface area contributed by atoms with Crippen LogP contribution in [0.4, 0.5) is 5.95 Å². The van der Waals surface area contributed by atoms with Crippen LogP contribution in [-0.4, -0.2) is 25.7 Å². The van der Waals surface area contributed by atoms with Crippen molar-refractivity contribution >= 4 is 22.6 Å². The van der Waals surface area contributed by atoms with Crippen LogP contribution in [0.2, 0.25) is 0 Å². The van der Waals surface area contributed by atoms with E-state index in [1.54, 1.807) is 0 Å². The highest BCUT2D eigenvalue weighted by Gasteiger charge is 2.20. The number of nitrogens with one attached hydrogen (secondary N) is 2. The number of aromatic nitrogens is 4. The summed E-state index contributed by atoms with van der Waals surface area (Å²) in [4.78, 5) is 17.1. The fourth-order valence-electron chi connectivity index (χ4n) is 3.41. The molecule has 1 amide bonds. The molecule has 0 aliphatic carbocycles. The number of hydrogen-bond acceptors (Lipinski definition) is 3. The number of amides is 1. The first-order valence-electron chi connectivity index (χ1n) is 9.44. The lowest BCUT2D eigenvalue weighted by Crippen LogP contribution is -2.20. The van der Waals surface area contributed by atoms with Gasteiger partial charge in [0.15, 0.2) is 0 Å². The number of rotatable bonds is 6. The second kappa shape index (κ2) is 7.68. The number of H-pyrrole nitrogens is 1. The van der Waals surface area contributed by atoms with Crippen LogP contribution >= 0.6 is 0 Å². The molecule has 0 radical (unpaired) electrons. The van der Waals surface area contributed by atoms with Gasteiger partial charge in [0.2, 0.25) is 11.9 Å². The van der Waals surface area contributed by atoms with E-state index in [9.17, 15) is 4.79 Å². The van der Waals surface area contributed by atoms with Gasteiger partial charge in [-0.05, 0) is 28.5 Å². The SMILES string of the molecule is CC(C)c1nc(NC(=O)CC(c2cccc3ccccc23)n2cccc2)n[nH]1. The smallest absolute Gasteiger partial charge is 0.248 e. The molecule has 0 aliphatic rings. The molecule has 2 aromatic heterocycles. The Kier molecular flexibility index (Phi) is 4.93. The molecule has 0 spiro atoms. The number of aromatic amines is 1. The molecule has 0 saturated carbocycles. The number of carbonyl (C=O) groups excluding carboxylic acids is 1. The highest BCUT2D eigenvalue weighted by atomic mass is 16.1. The average molecular weight is 373 g/mol. The minimum atomic E-state index is -0.124. The highest BCUT2D eigenvalue weighted by molar-refractivity contribution is 5.91. The Morgan fingerprint density at radius 1 is 1.07 bits per heavy atom. The fourth-order valence-corrected chi connectivity index (χ4v) is 3.41. The van der Waals surface area contributed by atoms with Gasteiger partial charge < -0.3 is 4.57 Å². The van der Waals surface area contributed by atoms with Gasteiger partial charge in [0.1, 0.15) is 5.82 Å². The maximum absolute atomic E-state index is 12.8. The van der Waals surface area contributed by atoms with E-state index < -0.39 is 0 Å². The molecule has 142 valence electrons. The Morgan fingerprint density at radius 3 is 2.57 bits per heavy atom. The third kappa shape index (κ3) is 3.67. The van der Waals surface area contributed by atoms with Crippen molar-refractivity contribution in [2.24, 2.45) is 0 Å². The molecule has 4 rings (SSSR count). The van der Waals surface area contributed by atoms with Crippen LogP contribution in [0.1, 0.15) is 43.6 Å². The molecule has 0 bridgehead atoms. The van der Waals surface area contributed by atoms with E-state index in [0.717, 1.165) is 22.2 Å². The van der Waals surface area contributed by atoms with Crippen LogP contribution in [0.3, 0.4) is 0 Å². The number of fused-ring (bicyclic) bond motifs is 1. The molecule has 0 saturated heterocycles. The van der Waals surface area contributed by atoms with Crippen LogP contribution in [0.15, 0.2) is 67.0 Å². The second-order valence-electron chi connectivity index (χ2n) is 7.17. The summed E-state index contributed by atoms with van der Waals surface area (Å²) in [6.45, 7) is 4.05. The Hall–Kier alpha value is -3.41. The van der Waals surface area contributed by atoms with Gasteiger partial charge in [0.05, 0.1) is 12.5 Å². The molecular weight excluding hydrogens is 350 g/mol. The Balaban J connectivity index is 1.63. The largest absolute Gasteiger partial charge is 0.346 e. The van der Waals surface area contributed by atoms with Gasteiger partial charge in [-0.3, -0.25) is 15.2 Å². The third-order valence-electron chi connectivity index (χ3n) is 4.85. The Bertz CT molecular complexity index is 1080. The summed E-state index contributed by atoms with van der Waals surface area (Å²) in [5, 5.41) is 12.1. The van der Waals surface area contributed by atoms with E-state index >= 15 is 0 Å². The first-order chi connectivity index (χ1) is 13.6. The lowest BCUT2D eigenvalue weighted by atomic mass is 9.96. The summed E-state index contributed by atoms with van der Waals surface area (Å²) in [6.07, 6.45) is 4.26. The van der Waals surface area contributed by atoms with Crippen LogP contribution in [0, 0.1) is 0 Å². The molecule has 1 atom stereocenters. The molecule has 2 heterocycles. The lowest BCUT2D eigenvalue weighted by Gasteiger charge is -2.21. The van der Waals surface area contributed by atoms with E-state index in [0.29, 0.717) is 5.95 Å². The molecule has 0 aliphatic heterocycles. The molecule has 6 nitrogen and oxygen atoms in total. The molecule has 28 heavy (non-hydrogen) atoms. The maximum Gasteiger partial charge on any atom is 0.248 e. The standard InChI is InChI=1S/C22H23N5O/c1-15(2)21-24-22(26-25-21)23-20(28)14-19(27-12-5-6-13-27)18-11-7-9-16-8-3-4-10-17(16)18/h3-13,15,19H,14H2,1-2H3,(H2,23,24,25,26,28). The molecule has 1 unspecified atom stereocenters. The minimum Gasteiger partial charge on any atom is -0.346 e. The van der Waals surface area contributed by atoms with E-state index in [1.165, 1.54) is 0 Å². The minimum absolute atomic E-state index is 0.121. The highest BCUT2D eigenvalue weighted by Crippen LogP contribution is 2.29. The molecule has 2 aromatic carbocycles. The topological polar surface area (TPSA) is 75.6 Å². The summed E-state index contributed by atoms with van der Waals surface area (Å²) >= 11 is 0. The zero-order chi connectivity index (χ0) is 19.5. The van der Waals surface area contributed by atoms with Crippen LogP contribution < -0.4 is 5.32 Å². The number of hydrogen-bond donors (Lipinski definition) is 2. The van der Waals surface area contributed by atoms with Crippen molar-refractivity contribution in [2.75, 3.05) is 5.32 Å². The second-order valence-corrected chi connectivity index (χ2v) is 7.17. The van der Waals surface area contributed by atoms with Gasteiger partial charge in [0, 0.05) is 18.3 Å². The molecule has 6 heteroatoms. The molecular formula is C22H23N5O. The van der Waals surface area contributed by atoms with Crippen molar-refractivity contribution in [1.29, 1.82) is 0 Å². The Morgan fingerprint density at radius 2 is 1.82 bits per heavy atom. The summed E-state index contributed by atoms with van der Waals surface area (Å²) in [6, 6.07) is 18.3. The van der Waals surface area contributed by atoms with Gasteiger partial charge in [-0.1, -0.05) is 56.3 Å². The summed E-state index contributed by atoms with van der Waals surface area (Å²) in [5.74, 6) is 1.17. The normalized spacial score (nSPS) is 12.4. The van der Waals surface area contributed by atoms with Crippen molar-refractivity contribution in [2.45, 2.75) is 32.2 Å². The maximum atomic E-state index is 12.8. The Labute approximate surface area is 163 Å². The number of anilines is 1. The van der Waals surface area contributed by atoms with E-state index in [1.807, 2.05) is 56.6 Å². The van der Waals surface area contributed by atoms with Crippen molar-refractivity contribution in [1.82, 2.24) is 19.7 Å². The molecule has 0 fully saturated rings. The first-order valence-corrected chi connectivity index (χ1v) is 9.44. The van der Waals surface area contributed by atoms with Crippen LogP contribution in [-0.2, 0) is 4.79 Å². The zero-order valence-electron chi connectivity index (χ0n) is 16.0. The van der Waals surface area contributed by atoms with Crippen molar-refractivity contribution in [3.63, 3.8) is 0 Å². The van der Waals surface area contributed by atoms with Gasteiger partial charge in [0.25, 0.3) is 0 Å². The molecule has 4 aromatic rings. The van der Waals surface area contributed by atoms with Crippen LogP contribution in [0.5, 0.6) is 0 Å². The van der Waals surface area contributed by atoms with Gasteiger partial charge >= 0.3 is 0 Å². The molecule has 2 N–H and O–H groups in total. The van der Waals surface area contributed by atoms with Crippen LogP contribution in [0.25, 0.3) is 10.8 Å². The first kappa shape index (κ1) is 18.0. The van der Waals surface area contributed by atoms with Crippen molar-refractivity contribution in [3.05, 3.63) is 78.4 Å². The summed E-state index contributed by atoms with van der Waals surface area (Å²) < 4.78 is 2.07. The zero-order valence-corrected chi connectivity index (χ0v) is 16.0. The summed E-state index contributed by atoms with van der Waals surface area (Å²) in [5.41, 5.74) is 1.11. The average Bonchev–Trinajstić information content (AvgIpc) is 3.38. The van der Waals surface area contributed by atoms with E-state index in [2.05, 4.69) is 49.3 Å². The predicted molar refractivity (Wildman–Crippen MR) is 110 cm³/mol. The number of nitrogens with zero attached hydrogens (tertiary/aromatic N) is 3. The van der Waals surface area contributed by atoms with Crippen molar-refractivity contribution in [3.8, 4) is 0 Å². The fraction of sp³-hybridized carbons (Fsp3) is 0.227. The van der Waals surface area contributed by atoms with Crippen molar-refractivity contribution < 1.29 is 4.79 Å². The quantitative estimate of drug-likeness (QED) is 0.522. The van der Waals surface area contributed by atoms with Gasteiger partial charge in [-0.2, -0.15) is 4.98 Å². The van der Waals surface area contributed by atoms with E-state index in [-0.39, 0.29) is 24.3 Å². The number of benzene rings is 2. The van der Waals surface area contributed by atoms with Gasteiger partial charge in [-0.15, -0.1) is 5.10 Å². The third-order valence-corrected chi connectivity index (χ3v) is 4.85. The summed E-state index contributed by atoms with van der Waals surface area (Å²) in [7, 11) is 0. The van der Waals surface area contributed by atoms with E-state index in [4.69, 9.17) is 0 Å². The van der Waals surface area contributed by atoms with Gasteiger partial charge in [-0.25, -0.2) is 0 Å². The monoisotopic (exact) mass is 373 g/mol.